The standard InChI is InChI=1S/C16H21Cl2N3O3S/c1-11(16(22)19-12-5-6-12)20-7-9-21(10-8-20)25(23,24)15-13(17)3-2-4-14(15)18/h2-4,11-12H,5-10H2,1H3,(H,19,22)/t11-/m1/s1. The van der Waals surface area contributed by atoms with E-state index in [4.69, 9.17) is 23.2 Å². The first-order valence-corrected chi connectivity index (χ1v) is 10.5. The number of hydrogen-bond donors (Lipinski definition) is 1. The summed E-state index contributed by atoms with van der Waals surface area (Å²) >= 11 is 12.1. The van der Waals surface area contributed by atoms with Crippen LogP contribution in [0, 0.1) is 0 Å². The molecule has 3 rings (SSSR count). The zero-order valence-electron chi connectivity index (χ0n) is 13.9. The Hall–Kier alpha value is -0.860. The first-order chi connectivity index (χ1) is 11.8. The summed E-state index contributed by atoms with van der Waals surface area (Å²) < 4.78 is 27.1. The number of amides is 1. The number of benzene rings is 1. The Bertz CT molecular complexity index is 740. The van der Waals surface area contributed by atoms with E-state index in [0.717, 1.165) is 12.8 Å². The van der Waals surface area contributed by atoms with Gasteiger partial charge in [-0.05, 0) is 31.9 Å². The van der Waals surface area contributed by atoms with Crippen LogP contribution in [0.15, 0.2) is 23.1 Å². The van der Waals surface area contributed by atoms with Gasteiger partial charge in [0.25, 0.3) is 0 Å². The van der Waals surface area contributed by atoms with Gasteiger partial charge in [0.15, 0.2) is 0 Å². The van der Waals surface area contributed by atoms with Gasteiger partial charge in [-0.2, -0.15) is 4.31 Å². The zero-order valence-corrected chi connectivity index (χ0v) is 16.2. The van der Waals surface area contributed by atoms with Crippen LogP contribution in [0.1, 0.15) is 19.8 Å². The van der Waals surface area contributed by atoms with Crippen molar-refractivity contribution in [2.24, 2.45) is 0 Å². The highest BCUT2D eigenvalue weighted by atomic mass is 35.5. The van der Waals surface area contributed by atoms with Crippen LogP contribution in [-0.2, 0) is 14.8 Å². The molecule has 1 heterocycles. The summed E-state index contributed by atoms with van der Waals surface area (Å²) in [7, 11) is -3.76. The second kappa shape index (κ2) is 7.40. The van der Waals surface area contributed by atoms with Gasteiger partial charge in [0.05, 0.1) is 16.1 Å². The van der Waals surface area contributed by atoms with E-state index in [1.165, 1.54) is 16.4 Å². The Morgan fingerprint density at radius 2 is 1.72 bits per heavy atom. The van der Waals surface area contributed by atoms with Gasteiger partial charge in [-0.15, -0.1) is 0 Å². The van der Waals surface area contributed by atoms with Gasteiger partial charge in [-0.25, -0.2) is 8.42 Å². The van der Waals surface area contributed by atoms with E-state index in [2.05, 4.69) is 5.32 Å². The lowest BCUT2D eigenvalue weighted by molar-refractivity contribution is -0.126. The van der Waals surface area contributed by atoms with Crippen LogP contribution < -0.4 is 5.32 Å². The normalized spacial score (nSPS) is 21.1. The fraction of sp³-hybridized carbons (Fsp3) is 0.562. The number of nitrogens with one attached hydrogen (secondary N) is 1. The maximum atomic E-state index is 12.9. The third-order valence-electron chi connectivity index (χ3n) is 4.64. The molecule has 1 N–H and O–H groups in total. The van der Waals surface area contributed by atoms with Gasteiger partial charge in [-0.1, -0.05) is 29.3 Å². The largest absolute Gasteiger partial charge is 0.352 e. The maximum absolute atomic E-state index is 12.9. The SMILES string of the molecule is C[C@H](C(=O)NC1CC1)N1CCN(S(=O)(=O)c2c(Cl)cccc2Cl)CC1. The molecule has 25 heavy (non-hydrogen) atoms. The average Bonchev–Trinajstić information content (AvgIpc) is 3.38. The molecular formula is C16H21Cl2N3O3S. The van der Waals surface area contributed by atoms with Crippen LogP contribution in [0.3, 0.4) is 0 Å². The zero-order chi connectivity index (χ0) is 18.2. The molecule has 1 aliphatic heterocycles. The molecule has 1 amide bonds. The summed E-state index contributed by atoms with van der Waals surface area (Å²) in [4.78, 5) is 14.1. The fourth-order valence-electron chi connectivity index (χ4n) is 2.90. The number of rotatable bonds is 5. The van der Waals surface area contributed by atoms with E-state index < -0.39 is 10.0 Å². The number of piperazine rings is 1. The number of halogens is 2. The van der Waals surface area contributed by atoms with E-state index in [1.54, 1.807) is 6.07 Å². The number of carbonyl (C=O) groups is 1. The number of hydrogen-bond acceptors (Lipinski definition) is 4. The Morgan fingerprint density at radius 3 is 2.24 bits per heavy atom. The number of nitrogens with zero attached hydrogens (tertiary/aromatic N) is 2. The summed E-state index contributed by atoms with van der Waals surface area (Å²) in [5.74, 6) is 0.00737. The Kier molecular flexibility index (Phi) is 5.60. The molecule has 1 saturated carbocycles. The molecule has 1 aromatic rings. The second-order valence-electron chi connectivity index (χ2n) is 6.45. The minimum atomic E-state index is -3.76. The molecule has 0 spiro atoms. The third kappa shape index (κ3) is 4.11. The van der Waals surface area contributed by atoms with Gasteiger partial charge in [0, 0.05) is 32.2 Å². The minimum Gasteiger partial charge on any atom is -0.352 e. The van der Waals surface area contributed by atoms with Crippen molar-refractivity contribution in [1.82, 2.24) is 14.5 Å². The molecule has 0 aromatic heterocycles. The van der Waals surface area contributed by atoms with E-state index >= 15 is 0 Å². The number of sulfonamides is 1. The van der Waals surface area contributed by atoms with Gasteiger partial charge in [-0.3, -0.25) is 9.69 Å². The molecule has 1 atom stereocenters. The molecule has 6 nitrogen and oxygen atoms in total. The monoisotopic (exact) mass is 405 g/mol. The summed E-state index contributed by atoms with van der Waals surface area (Å²) in [5, 5.41) is 3.22. The molecular weight excluding hydrogens is 385 g/mol. The van der Waals surface area contributed by atoms with Crippen LogP contribution in [-0.4, -0.2) is 61.8 Å². The van der Waals surface area contributed by atoms with Crippen LogP contribution in [0.2, 0.25) is 10.0 Å². The quantitative estimate of drug-likeness (QED) is 0.812. The second-order valence-corrected chi connectivity index (χ2v) is 9.14. The van der Waals surface area contributed by atoms with Crippen LogP contribution in [0.4, 0.5) is 0 Å². The van der Waals surface area contributed by atoms with Crippen molar-refractivity contribution in [2.45, 2.75) is 36.7 Å². The summed E-state index contributed by atoms with van der Waals surface area (Å²) in [6.45, 7) is 3.42. The molecule has 0 unspecified atom stereocenters. The number of carbonyl (C=O) groups excluding carboxylic acids is 1. The average molecular weight is 406 g/mol. The van der Waals surface area contributed by atoms with E-state index in [0.29, 0.717) is 32.2 Å². The molecule has 1 aliphatic carbocycles. The van der Waals surface area contributed by atoms with Crippen molar-refractivity contribution in [3.8, 4) is 0 Å². The summed E-state index contributed by atoms with van der Waals surface area (Å²) in [6, 6.07) is 4.69. The molecule has 0 radical (unpaired) electrons. The van der Waals surface area contributed by atoms with Crippen molar-refractivity contribution in [3.05, 3.63) is 28.2 Å². The molecule has 2 aliphatic rings. The predicted octanol–water partition coefficient (Wildman–Crippen LogP) is 1.97. The topological polar surface area (TPSA) is 69.7 Å². The first kappa shape index (κ1) is 18.9. The van der Waals surface area contributed by atoms with Gasteiger partial charge in [0.2, 0.25) is 15.9 Å². The molecule has 1 aromatic carbocycles. The highest BCUT2D eigenvalue weighted by molar-refractivity contribution is 7.89. The Labute approximate surface area is 158 Å². The van der Waals surface area contributed by atoms with E-state index in [-0.39, 0.29) is 26.9 Å². The highest BCUT2D eigenvalue weighted by Gasteiger charge is 2.35. The van der Waals surface area contributed by atoms with E-state index in [9.17, 15) is 13.2 Å². The fourth-order valence-corrected chi connectivity index (χ4v) is 5.42. The third-order valence-corrected chi connectivity index (χ3v) is 7.50. The van der Waals surface area contributed by atoms with Gasteiger partial charge >= 0.3 is 0 Å². The van der Waals surface area contributed by atoms with Crippen molar-refractivity contribution in [3.63, 3.8) is 0 Å². The lowest BCUT2D eigenvalue weighted by Crippen LogP contribution is -2.55. The first-order valence-electron chi connectivity index (χ1n) is 8.29. The molecule has 138 valence electrons. The Balaban J connectivity index is 1.66. The van der Waals surface area contributed by atoms with Crippen molar-refractivity contribution in [1.29, 1.82) is 0 Å². The van der Waals surface area contributed by atoms with Crippen LogP contribution >= 0.6 is 23.2 Å². The van der Waals surface area contributed by atoms with Crippen molar-refractivity contribution >= 4 is 39.1 Å². The summed E-state index contributed by atoms with van der Waals surface area (Å²) in [6.07, 6.45) is 2.09. The molecule has 2 fully saturated rings. The highest BCUT2D eigenvalue weighted by Crippen LogP contribution is 2.32. The van der Waals surface area contributed by atoms with E-state index in [1.807, 2.05) is 11.8 Å². The lowest BCUT2D eigenvalue weighted by Gasteiger charge is -2.36. The minimum absolute atomic E-state index is 0.00737. The van der Waals surface area contributed by atoms with Crippen molar-refractivity contribution < 1.29 is 13.2 Å². The van der Waals surface area contributed by atoms with Crippen molar-refractivity contribution in [2.75, 3.05) is 26.2 Å². The van der Waals surface area contributed by atoms with Crippen LogP contribution in [0.25, 0.3) is 0 Å². The maximum Gasteiger partial charge on any atom is 0.246 e. The molecule has 9 heteroatoms. The molecule has 0 bridgehead atoms. The summed E-state index contributed by atoms with van der Waals surface area (Å²) in [5.41, 5.74) is 0. The van der Waals surface area contributed by atoms with Crippen LogP contribution in [0.5, 0.6) is 0 Å². The van der Waals surface area contributed by atoms with Gasteiger partial charge in [0.1, 0.15) is 4.90 Å². The Morgan fingerprint density at radius 1 is 1.16 bits per heavy atom. The van der Waals surface area contributed by atoms with Gasteiger partial charge < -0.3 is 5.32 Å². The predicted molar refractivity (Wildman–Crippen MR) is 97.4 cm³/mol. The molecule has 1 saturated heterocycles. The lowest BCUT2D eigenvalue weighted by atomic mass is 10.2. The smallest absolute Gasteiger partial charge is 0.246 e.